The Labute approximate surface area is 177 Å². The molecule has 3 rings (SSSR count). The van der Waals surface area contributed by atoms with Gasteiger partial charge in [-0.3, -0.25) is 4.79 Å². The minimum Gasteiger partial charge on any atom is -0.372 e. The quantitative estimate of drug-likeness (QED) is 0.808. The van der Waals surface area contributed by atoms with Gasteiger partial charge in [-0.1, -0.05) is 11.6 Å². The van der Waals surface area contributed by atoms with Gasteiger partial charge in [0.05, 0.1) is 16.9 Å². The van der Waals surface area contributed by atoms with E-state index in [0.717, 1.165) is 31.4 Å². The number of carbonyl (C=O) groups is 1. The summed E-state index contributed by atoms with van der Waals surface area (Å²) in [5.74, 6) is -0.108. The van der Waals surface area contributed by atoms with E-state index in [2.05, 4.69) is 49.1 Å². The number of nitrogens with one attached hydrogen (secondary N) is 1. The molecular formula is C22H28ClN5O. The fraction of sp³-hybridized carbons (Fsp3) is 0.500. The number of halogens is 1. The van der Waals surface area contributed by atoms with Crippen LogP contribution in [0.25, 0.3) is 0 Å². The molecule has 0 bridgehead atoms. The molecule has 0 radical (unpaired) electrons. The zero-order valence-corrected chi connectivity index (χ0v) is 18.2. The lowest BCUT2D eigenvalue weighted by atomic mass is 9.90. The molecule has 1 aromatic carbocycles. The maximum atomic E-state index is 12.5. The summed E-state index contributed by atoms with van der Waals surface area (Å²) >= 11 is 6.18. The summed E-state index contributed by atoms with van der Waals surface area (Å²) < 4.78 is 1.95. The first kappa shape index (κ1) is 21.2. The number of carbonyl (C=O) groups excluding carboxylic acids is 1. The van der Waals surface area contributed by atoms with Crippen molar-refractivity contribution >= 4 is 23.2 Å². The fourth-order valence-corrected chi connectivity index (χ4v) is 3.92. The zero-order chi connectivity index (χ0) is 21.2. The fourth-order valence-electron chi connectivity index (χ4n) is 3.70. The third kappa shape index (κ3) is 4.91. The van der Waals surface area contributed by atoms with Crippen LogP contribution in [0.4, 0.5) is 5.69 Å². The minimum absolute atomic E-state index is 0.0947. The maximum Gasteiger partial charge on any atom is 0.271 e. The molecule has 0 spiro atoms. The van der Waals surface area contributed by atoms with Gasteiger partial charge in [-0.25, -0.2) is 4.98 Å². The van der Waals surface area contributed by atoms with Gasteiger partial charge in [-0.2, -0.15) is 5.26 Å². The summed E-state index contributed by atoms with van der Waals surface area (Å²) in [5.41, 5.74) is 1.87. The summed E-state index contributed by atoms with van der Waals surface area (Å²) in [5, 5.41) is 12.6. The van der Waals surface area contributed by atoms with Crippen molar-refractivity contribution < 1.29 is 4.79 Å². The normalized spacial score (nSPS) is 19.4. The number of hydrogen-bond donors (Lipinski definition) is 1. The Balaban J connectivity index is 1.55. The Kier molecular flexibility index (Phi) is 6.18. The first-order chi connectivity index (χ1) is 13.7. The van der Waals surface area contributed by atoms with Gasteiger partial charge in [0.15, 0.2) is 0 Å². The number of nitriles is 1. The molecule has 154 valence electrons. The Morgan fingerprint density at radius 1 is 1.31 bits per heavy atom. The lowest BCUT2D eigenvalue weighted by molar-refractivity contribution is 0.0921. The second kappa shape index (κ2) is 8.46. The third-order valence-electron chi connectivity index (χ3n) is 5.65. The maximum absolute atomic E-state index is 12.5. The number of anilines is 1. The third-order valence-corrected chi connectivity index (χ3v) is 5.96. The molecule has 29 heavy (non-hydrogen) atoms. The van der Waals surface area contributed by atoms with Crippen LogP contribution in [0, 0.1) is 11.3 Å². The van der Waals surface area contributed by atoms with Gasteiger partial charge >= 0.3 is 0 Å². The van der Waals surface area contributed by atoms with Gasteiger partial charge < -0.3 is 14.8 Å². The van der Waals surface area contributed by atoms with Crippen LogP contribution < -0.4 is 10.2 Å². The van der Waals surface area contributed by atoms with Crippen LogP contribution in [0.2, 0.25) is 5.02 Å². The molecule has 1 N–H and O–H groups in total. The molecule has 1 aromatic heterocycles. The molecule has 0 unspecified atom stereocenters. The van der Waals surface area contributed by atoms with Crippen molar-refractivity contribution in [2.24, 2.45) is 0 Å². The van der Waals surface area contributed by atoms with E-state index in [0.29, 0.717) is 22.3 Å². The molecule has 1 saturated carbocycles. The Hall–Kier alpha value is -2.52. The molecular weight excluding hydrogens is 386 g/mol. The van der Waals surface area contributed by atoms with Crippen molar-refractivity contribution in [1.29, 1.82) is 5.26 Å². The van der Waals surface area contributed by atoms with E-state index in [1.165, 1.54) is 0 Å². The van der Waals surface area contributed by atoms with Gasteiger partial charge in [0.25, 0.3) is 5.91 Å². The number of imidazole rings is 1. The van der Waals surface area contributed by atoms with Crippen LogP contribution in [0.1, 0.15) is 62.5 Å². The molecule has 7 heteroatoms. The van der Waals surface area contributed by atoms with Crippen molar-refractivity contribution in [2.45, 2.75) is 64.1 Å². The predicted octanol–water partition coefficient (Wildman–Crippen LogP) is 4.34. The molecule has 2 aromatic rings. The highest BCUT2D eigenvalue weighted by molar-refractivity contribution is 6.32. The summed E-state index contributed by atoms with van der Waals surface area (Å²) in [6.07, 6.45) is 7.33. The molecule has 1 heterocycles. The van der Waals surface area contributed by atoms with Crippen molar-refractivity contribution in [2.75, 3.05) is 11.9 Å². The van der Waals surface area contributed by atoms with E-state index < -0.39 is 0 Å². The second-order valence-corrected chi connectivity index (χ2v) is 9.11. The van der Waals surface area contributed by atoms with Gasteiger partial charge in [0.1, 0.15) is 11.8 Å². The Morgan fingerprint density at radius 3 is 2.55 bits per heavy atom. The standard InChI is InChI=1S/C22H28ClN5O/c1-22(2,3)28-13-20(25-14-28)21(29)26-16-6-9-17(10-7-16)27(4)18-8-5-15(12-24)19(23)11-18/h5,8,11,13-14,16-17H,6-7,9-10H2,1-4H3,(H,26,29). The molecule has 1 fully saturated rings. The van der Waals surface area contributed by atoms with Crippen LogP contribution in [-0.2, 0) is 5.54 Å². The molecule has 1 aliphatic carbocycles. The number of benzene rings is 1. The number of amides is 1. The first-order valence-corrected chi connectivity index (χ1v) is 10.3. The molecule has 6 nitrogen and oxygen atoms in total. The lowest BCUT2D eigenvalue weighted by Crippen LogP contribution is -2.43. The lowest BCUT2D eigenvalue weighted by Gasteiger charge is -2.36. The van der Waals surface area contributed by atoms with Crippen molar-refractivity contribution in [3.05, 3.63) is 47.0 Å². The van der Waals surface area contributed by atoms with E-state index in [9.17, 15) is 4.79 Å². The number of rotatable bonds is 4. The molecule has 0 saturated heterocycles. The van der Waals surface area contributed by atoms with Gasteiger partial charge in [0.2, 0.25) is 0 Å². The predicted molar refractivity (Wildman–Crippen MR) is 115 cm³/mol. The van der Waals surface area contributed by atoms with E-state index in [1.807, 2.05) is 22.9 Å². The summed E-state index contributed by atoms with van der Waals surface area (Å²) in [6.45, 7) is 6.24. The second-order valence-electron chi connectivity index (χ2n) is 8.70. The van der Waals surface area contributed by atoms with E-state index in [-0.39, 0.29) is 17.5 Å². The monoisotopic (exact) mass is 413 g/mol. The van der Waals surface area contributed by atoms with Gasteiger partial charge in [-0.05, 0) is 64.7 Å². The average Bonchev–Trinajstić information content (AvgIpc) is 3.19. The summed E-state index contributed by atoms with van der Waals surface area (Å²) in [7, 11) is 2.06. The number of aromatic nitrogens is 2. The topological polar surface area (TPSA) is 74.0 Å². The highest BCUT2D eigenvalue weighted by atomic mass is 35.5. The van der Waals surface area contributed by atoms with E-state index >= 15 is 0 Å². The van der Waals surface area contributed by atoms with Crippen LogP contribution in [0.3, 0.4) is 0 Å². The molecule has 0 aliphatic heterocycles. The highest BCUT2D eigenvalue weighted by Gasteiger charge is 2.26. The minimum atomic E-state index is -0.108. The van der Waals surface area contributed by atoms with Crippen LogP contribution in [-0.4, -0.2) is 34.6 Å². The number of hydrogen-bond acceptors (Lipinski definition) is 4. The van der Waals surface area contributed by atoms with Crippen LogP contribution in [0.5, 0.6) is 0 Å². The molecule has 1 amide bonds. The number of nitrogens with zero attached hydrogens (tertiary/aromatic N) is 4. The van der Waals surface area contributed by atoms with E-state index in [4.69, 9.17) is 16.9 Å². The van der Waals surface area contributed by atoms with Gasteiger partial charge in [-0.15, -0.1) is 0 Å². The Morgan fingerprint density at radius 2 is 2.00 bits per heavy atom. The average molecular weight is 414 g/mol. The van der Waals surface area contributed by atoms with Crippen molar-refractivity contribution in [1.82, 2.24) is 14.9 Å². The van der Waals surface area contributed by atoms with Crippen molar-refractivity contribution in [3.8, 4) is 6.07 Å². The first-order valence-electron chi connectivity index (χ1n) is 9.97. The van der Waals surface area contributed by atoms with Crippen molar-refractivity contribution in [3.63, 3.8) is 0 Å². The summed E-state index contributed by atoms with van der Waals surface area (Å²) in [4.78, 5) is 19.0. The molecule has 1 aliphatic rings. The van der Waals surface area contributed by atoms with E-state index in [1.54, 1.807) is 12.4 Å². The Bertz CT molecular complexity index is 916. The summed E-state index contributed by atoms with van der Waals surface area (Å²) in [6, 6.07) is 8.18. The zero-order valence-electron chi connectivity index (χ0n) is 17.4. The SMILES string of the molecule is CN(c1ccc(C#N)c(Cl)c1)C1CCC(NC(=O)c2cn(C(C)(C)C)cn2)CC1. The van der Waals surface area contributed by atoms with Crippen LogP contribution in [0.15, 0.2) is 30.7 Å². The largest absolute Gasteiger partial charge is 0.372 e. The smallest absolute Gasteiger partial charge is 0.271 e. The van der Waals surface area contributed by atoms with Crippen LogP contribution >= 0.6 is 11.6 Å². The highest BCUT2D eigenvalue weighted by Crippen LogP contribution is 2.29. The molecule has 0 atom stereocenters. The van der Waals surface area contributed by atoms with Gasteiger partial charge in [0, 0.05) is 36.6 Å².